The first-order valence-corrected chi connectivity index (χ1v) is 5.80. The molecule has 5 heteroatoms. The van der Waals surface area contributed by atoms with E-state index >= 15 is 0 Å². The van der Waals surface area contributed by atoms with E-state index < -0.39 is 0 Å². The number of aromatic nitrogens is 3. The van der Waals surface area contributed by atoms with Crippen LogP contribution in [0.4, 0.5) is 0 Å². The lowest BCUT2D eigenvalue weighted by atomic mass is 10.5. The SMILES string of the molecule is Ic1cnc(Sc2ccccn2)nc1. The molecule has 0 aliphatic rings. The number of hydrogen-bond donors (Lipinski definition) is 0. The van der Waals surface area contributed by atoms with Gasteiger partial charge in [-0.3, -0.25) is 0 Å². The molecule has 0 amide bonds. The largest absolute Gasteiger partial charge is 0.249 e. The van der Waals surface area contributed by atoms with Gasteiger partial charge in [-0.15, -0.1) is 0 Å². The van der Waals surface area contributed by atoms with Gasteiger partial charge in [-0.2, -0.15) is 0 Å². The van der Waals surface area contributed by atoms with Crippen LogP contribution in [0.1, 0.15) is 0 Å². The molecule has 3 nitrogen and oxygen atoms in total. The lowest BCUT2D eigenvalue weighted by Gasteiger charge is -1.97. The maximum Gasteiger partial charge on any atom is 0.193 e. The van der Waals surface area contributed by atoms with Crippen molar-refractivity contribution in [3.63, 3.8) is 0 Å². The Labute approximate surface area is 99.5 Å². The molecule has 0 unspecified atom stereocenters. The summed E-state index contributed by atoms with van der Waals surface area (Å²) in [6.45, 7) is 0. The maximum atomic E-state index is 4.18. The monoisotopic (exact) mass is 315 g/mol. The zero-order valence-corrected chi connectivity index (χ0v) is 10.1. The molecule has 14 heavy (non-hydrogen) atoms. The predicted octanol–water partition coefficient (Wildman–Crippen LogP) is 2.63. The molecule has 0 bridgehead atoms. The van der Waals surface area contributed by atoms with Crippen LogP contribution in [0.2, 0.25) is 0 Å². The third-order valence-corrected chi connectivity index (χ3v) is 2.83. The summed E-state index contributed by atoms with van der Waals surface area (Å²) in [5.41, 5.74) is 0. The smallest absolute Gasteiger partial charge is 0.193 e. The molecule has 0 spiro atoms. The maximum absolute atomic E-state index is 4.18. The minimum atomic E-state index is 0.726. The van der Waals surface area contributed by atoms with Crippen LogP contribution in [-0.4, -0.2) is 15.0 Å². The molecule has 0 aromatic carbocycles. The second-order valence-electron chi connectivity index (χ2n) is 2.45. The van der Waals surface area contributed by atoms with Gasteiger partial charge in [0.05, 0.1) is 0 Å². The van der Waals surface area contributed by atoms with Gasteiger partial charge in [0.2, 0.25) is 0 Å². The van der Waals surface area contributed by atoms with E-state index in [1.54, 1.807) is 18.6 Å². The number of halogens is 1. The molecule has 70 valence electrons. The number of pyridine rings is 1. The van der Waals surface area contributed by atoms with Crippen molar-refractivity contribution >= 4 is 34.4 Å². The quantitative estimate of drug-likeness (QED) is 0.631. The van der Waals surface area contributed by atoms with Gasteiger partial charge in [0, 0.05) is 22.2 Å². The van der Waals surface area contributed by atoms with E-state index in [0.717, 1.165) is 13.8 Å². The van der Waals surface area contributed by atoms with Gasteiger partial charge >= 0.3 is 0 Å². The zero-order valence-electron chi connectivity index (χ0n) is 7.09. The van der Waals surface area contributed by atoms with E-state index in [1.165, 1.54) is 11.8 Å². The Morgan fingerprint density at radius 2 is 1.86 bits per heavy atom. The summed E-state index contributed by atoms with van der Waals surface area (Å²) in [7, 11) is 0. The molecule has 0 aliphatic heterocycles. The highest BCUT2D eigenvalue weighted by Gasteiger charge is 1.99. The second-order valence-corrected chi connectivity index (χ2v) is 4.69. The first kappa shape index (κ1) is 9.85. The molecule has 0 radical (unpaired) electrons. The zero-order chi connectivity index (χ0) is 9.80. The van der Waals surface area contributed by atoms with Gasteiger partial charge in [-0.05, 0) is 46.5 Å². The minimum Gasteiger partial charge on any atom is -0.249 e. The Bertz CT molecular complexity index is 404. The highest BCUT2D eigenvalue weighted by molar-refractivity contribution is 14.1. The van der Waals surface area contributed by atoms with Crippen molar-refractivity contribution in [2.24, 2.45) is 0 Å². The fourth-order valence-corrected chi connectivity index (χ4v) is 1.79. The number of nitrogens with zero attached hydrogens (tertiary/aromatic N) is 3. The van der Waals surface area contributed by atoms with E-state index in [1.807, 2.05) is 18.2 Å². The van der Waals surface area contributed by atoms with Crippen molar-refractivity contribution in [2.45, 2.75) is 10.2 Å². The first-order valence-electron chi connectivity index (χ1n) is 3.91. The fourth-order valence-electron chi connectivity index (χ4n) is 0.854. The third kappa shape index (κ3) is 2.65. The standard InChI is InChI=1S/C9H6IN3S/c10-7-5-12-9(13-6-7)14-8-3-1-2-4-11-8/h1-6H. The van der Waals surface area contributed by atoms with Crippen molar-refractivity contribution < 1.29 is 0 Å². The molecule has 0 saturated heterocycles. The lowest BCUT2D eigenvalue weighted by molar-refractivity contribution is 0.951. The van der Waals surface area contributed by atoms with E-state index in [-0.39, 0.29) is 0 Å². The summed E-state index contributed by atoms with van der Waals surface area (Å²) in [4.78, 5) is 12.5. The van der Waals surface area contributed by atoms with Gasteiger partial charge in [-0.25, -0.2) is 15.0 Å². The van der Waals surface area contributed by atoms with Gasteiger partial charge in [-0.1, -0.05) is 6.07 Å². The fraction of sp³-hybridized carbons (Fsp3) is 0. The van der Waals surface area contributed by atoms with Gasteiger partial charge in [0.25, 0.3) is 0 Å². The van der Waals surface area contributed by atoms with Gasteiger partial charge in [0.15, 0.2) is 5.16 Å². The summed E-state index contributed by atoms with van der Waals surface area (Å²) in [6, 6.07) is 5.77. The summed E-state index contributed by atoms with van der Waals surface area (Å²) in [5, 5.41) is 1.64. The van der Waals surface area contributed by atoms with E-state index in [0.29, 0.717) is 0 Å². The average molecular weight is 315 g/mol. The molecule has 0 saturated carbocycles. The summed E-state index contributed by atoms with van der Waals surface area (Å²) in [5.74, 6) is 0. The molecular weight excluding hydrogens is 309 g/mol. The van der Waals surface area contributed by atoms with Crippen LogP contribution in [0, 0.1) is 3.57 Å². The summed E-state index contributed by atoms with van der Waals surface area (Å²) >= 11 is 3.64. The van der Waals surface area contributed by atoms with Gasteiger partial charge in [0.1, 0.15) is 5.03 Å². The Morgan fingerprint density at radius 3 is 2.50 bits per heavy atom. The Balaban J connectivity index is 2.16. The molecule has 0 fully saturated rings. The van der Waals surface area contributed by atoms with Crippen LogP contribution < -0.4 is 0 Å². The summed E-state index contributed by atoms with van der Waals surface area (Å²) < 4.78 is 1.04. The lowest BCUT2D eigenvalue weighted by Crippen LogP contribution is -1.87. The van der Waals surface area contributed by atoms with E-state index in [4.69, 9.17) is 0 Å². The molecule has 0 atom stereocenters. The molecule has 2 aromatic heterocycles. The number of hydrogen-bond acceptors (Lipinski definition) is 4. The van der Waals surface area contributed by atoms with E-state index in [2.05, 4.69) is 37.5 Å². The van der Waals surface area contributed by atoms with Gasteiger partial charge < -0.3 is 0 Å². The van der Waals surface area contributed by atoms with Crippen LogP contribution in [0.5, 0.6) is 0 Å². The first-order chi connectivity index (χ1) is 6.84. The molecule has 2 heterocycles. The highest BCUT2D eigenvalue weighted by Crippen LogP contribution is 2.21. The van der Waals surface area contributed by atoms with Crippen LogP contribution in [0.3, 0.4) is 0 Å². The topological polar surface area (TPSA) is 38.7 Å². The molecule has 2 aromatic rings. The van der Waals surface area contributed by atoms with Crippen molar-refractivity contribution in [3.8, 4) is 0 Å². The Morgan fingerprint density at radius 1 is 1.07 bits per heavy atom. The van der Waals surface area contributed by atoms with Crippen molar-refractivity contribution in [1.29, 1.82) is 0 Å². The van der Waals surface area contributed by atoms with E-state index in [9.17, 15) is 0 Å². The minimum absolute atomic E-state index is 0.726. The van der Waals surface area contributed by atoms with Crippen molar-refractivity contribution in [2.75, 3.05) is 0 Å². The molecule has 0 aliphatic carbocycles. The second kappa shape index (κ2) is 4.70. The molecule has 0 N–H and O–H groups in total. The third-order valence-electron chi connectivity index (χ3n) is 1.43. The van der Waals surface area contributed by atoms with Crippen LogP contribution in [0.15, 0.2) is 47.0 Å². The normalized spacial score (nSPS) is 10.1. The van der Waals surface area contributed by atoms with Crippen LogP contribution in [-0.2, 0) is 0 Å². The number of rotatable bonds is 2. The average Bonchev–Trinajstić information content (AvgIpc) is 2.23. The van der Waals surface area contributed by atoms with Crippen LogP contribution in [0.25, 0.3) is 0 Å². The highest BCUT2D eigenvalue weighted by atomic mass is 127. The predicted molar refractivity (Wildman–Crippen MR) is 63.1 cm³/mol. The van der Waals surface area contributed by atoms with Crippen LogP contribution >= 0.6 is 34.4 Å². The van der Waals surface area contributed by atoms with Crippen molar-refractivity contribution in [1.82, 2.24) is 15.0 Å². The van der Waals surface area contributed by atoms with Crippen molar-refractivity contribution in [3.05, 3.63) is 40.4 Å². The summed E-state index contributed by atoms with van der Waals surface area (Å²) in [6.07, 6.45) is 5.34. The Kier molecular flexibility index (Phi) is 3.30. The molecular formula is C9H6IN3S. The Hall–Kier alpha value is -0.690. The molecule has 2 rings (SSSR count).